The Hall–Kier alpha value is -3.39. The number of hydrogen-bond acceptors (Lipinski definition) is 5. The Labute approximate surface area is 154 Å². The van der Waals surface area contributed by atoms with Crippen LogP contribution in [0.1, 0.15) is 20.7 Å². The first-order valence-electron chi connectivity index (χ1n) is 7.97. The van der Waals surface area contributed by atoms with Crippen molar-refractivity contribution in [2.75, 3.05) is 16.7 Å². The van der Waals surface area contributed by atoms with Crippen LogP contribution in [-0.4, -0.2) is 27.3 Å². The standard InChI is InChI=1S/C19H14N2O5S/c1-21-15-8-9-16(13-6-3-7-14(17(13)15)18(21)22)27(25,26)20-12-5-2-4-11(10-12)19(23)24/h2-10,20H,1H3,(H,23,24)/p-1. The predicted molar refractivity (Wildman–Crippen MR) is 98.3 cm³/mol. The van der Waals surface area contributed by atoms with Gasteiger partial charge in [-0.2, -0.15) is 0 Å². The van der Waals surface area contributed by atoms with Gasteiger partial charge in [-0.15, -0.1) is 0 Å². The molecule has 0 radical (unpaired) electrons. The van der Waals surface area contributed by atoms with Crippen LogP contribution in [0.5, 0.6) is 0 Å². The van der Waals surface area contributed by atoms with E-state index in [1.54, 1.807) is 31.3 Å². The zero-order valence-electron chi connectivity index (χ0n) is 14.1. The number of carboxylic acids is 1. The Bertz CT molecular complexity index is 1230. The molecule has 27 heavy (non-hydrogen) atoms. The van der Waals surface area contributed by atoms with Gasteiger partial charge in [-0.1, -0.05) is 24.3 Å². The number of nitrogens with one attached hydrogen (secondary N) is 1. The van der Waals surface area contributed by atoms with E-state index in [4.69, 9.17) is 0 Å². The molecule has 1 N–H and O–H groups in total. The first kappa shape index (κ1) is 17.0. The first-order valence-corrected chi connectivity index (χ1v) is 9.46. The van der Waals surface area contributed by atoms with E-state index in [0.717, 1.165) is 0 Å². The summed E-state index contributed by atoms with van der Waals surface area (Å²) in [5.74, 6) is -1.59. The molecule has 136 valence electrons. The van der Waals surface area contributed by atoms with Gasteiger partial charge >= 0.3 is 0 Å². The Morgan fingerprint density at radius 3 is 2.56 bits per heavy atom. The van der Waals surface area contributed by atoms with Crippen molar-refractivity contribution in [2.24, 2.45) is 0 Å². The molecule has 1 aliphatic rings. The maximum Gasteiger partial charge on any atom is 0.262 e. The topological polar surface area (TPSA) is 107 Å². The summed E-state index contributed by atoms with van der Waals surface area (Å²) in [6.07, 6.45) is 0. The molecule has 0 aliphatic carbocycles. The third-order valence-corrected chi connectivity index (χ3v) is 5.95. The van der Waals surface area contributed by atoms with E-state index in [0.29, 0.717) is 22.0 Å². The third-order valence-electron chi connectivity index (χ3n) is 4.52. The molecule has 0 unspecified atom stereocenters. The zero-order chi connectivity index (χ0) is 19.3. The van der Waals surface area contributed by atoms with Crippen LogP contribution in [0.15, 0.2) is 59.5 Å². The highest BCUT2D eigenvalue weighted by atomic mass is 32.2. The molecule has 4 rings (SSSR count). The fourth-order valence-corrected chi connectivity index (χ4v) is 4.52. The Morgan fingerprint density at radius 2 is 1.81 bits per heavy atom. The highest BCUT2D eigenvalue weighted by molar-refractivity contribution is 7.93. The van der Waals surface area contributed by atoms with E-state index in [1.807, 2.05) is 0 Å². The number of carbonyl (C=O) groups is 2. The summed E-state index contributed by atoms with van der Waals surface area (Å²) < 4.78 is 28.2. The van der Waals surface area contributed by atoms with Crippen LogP contribution in [0.3, 0.4) is 0 Å². The molecule has 3 aromatic rings. The lowest BCUT2D eigenvalue weighted by Gasteiger charge is -2.14. The molecule has 0 saturated carbocycles. The van der Waals surface area contributed by atoms with Crippen molar-refractivity contribution in [1.82, 2.24) is 0 Å². The van der Waals surface area contributed by atoms with Crippen LogP contribution in [0.4, 0.5) is 11.4 Å². The number of rotatable bonds is 4. The minimum absolute atomic E-state index is 0.00468. The number of carboxylic acid groups (broad SMARTS) is 1. The van der Waals surface area contributed by atoms with Crippen LogP contribution < -0.4 is 14.7 Å². The number of aromatic carboxylic acids is 1. The lowest BCUT2D eigenvalue weighted by atomic mass is 10.1. The van der Waals surface area contributed by atoms with Crippen molar-refractivity contribution < 1.29 is 23.1 Å². The van der Waals surface area contributed by atoms with Crippen LogP contribution >= 0.6 is 0 Å². The lowest BCUT2D eigenvalue weighted by Crippen LogP contribution is -2.22. The average molecular weight is 381 g/mol. The molecule has 1 amide bonds. The fourth-order valence-electron chi connectivity index (χ4n) is 3.26. The number of sulfonamides is 1. The predicted octanol–water partition coefficient (Wildman–Crippen LogP) is 1.59. The average Bonchev–Trinajstić information content (AvgIpc) is 2.88. The van der Waals surface area contributed by atoms with Crippen molar-refractivity contribution in [2.45, 2.75) is 4.90 Å². The van der Waals surface area contributed by atoms with Gasteiger partial charge in [0.15, 0.2) is 0 Å². The molecule has 0 fully saturated rings. The smallest absolute Gasteiger partial charge is 0.262 e. The molecule has 0 bridgehead atoms. The van der Waals surface area contributed by atoms with Gasteiger partial charge in [0.25, 0.3) is 15.9 Å². The largest absolute Gasteiger partial charge is 0.545 e. The van der Waals surface area contributed by atoms with Crippen molar-refractivity contribution in [1.29, 1.82) is 0 Å². The Morgan fingerprint density at radius 1 is 1.07 bits per heavy atom. The SMILES string of the molecule is CN1C(=O)c2cccc3c(S(=O)(=O)Nc4cccc(C(=O)[O-])c4)ccc1c23. The second-order valence-electron chi connectivity index (χ2n) is 6.15. The zero-order valence-corrected chi connectivity index (χ0v) is 14.9. The van der Waals surface area contributed by atoms with E-state index < -0.39 is 16.0 Å². The summed E-state index contributed by atoms with van der Waals surface area (Å²) in [4.78, 5) is 24.8. The molecule has 1 aliphatic heterocycles. The molecule has 7 nitrogen and oxygen atoms in total. The van der Waals surface area contributed by atoms with E-state index in [2.05, 4.69) is 4.72 Å². The summed E-state index contributed by atoms with van der Waals surface area (Å²) in [5, 5.41) is 12.0. The molecule has 3 aromatic carbocycles. The molecule has 0 atom stereocenters. The number of nitrogens with zero attached hydrogens (tertiary/aromatic N) is 1. The fraction of sp³-hybridized carbons (Fsp3) is 0.0526. The van der Waals surface area contributed by atoms with E-state index in [-0.39, 0.29) is 22.1 Å². The summed E-state index contributed by atoms with van der Waals surface area (Å²) in [6.45, 7) is 0. The first-order chi connectivity index (χ1) is 12.8. The van der Waals surface area contributed by atoms with Crippen molar-refractivity contribution >= 4 is 44.0 Å². The highest BCUT2D eigenvalue weighted by Gasteiger charge is 2.30. The minimum atomic E-state index is -4.02. The summed E-state index contributed by atoms with van der Waals surface area (Å²) in [7, 11) is -2.38. The van der Waals surface area contributed by atoms with Gasteiger partial charge < -0.3 is 14.8 Å². The number of carbonyl (C=O) groups excluding carboxylic acids is 2. The maximum absolute atomic E-state index is 12.9. The van der Waals surface area contributed by atoms with Gasteiger partial charge in [0, 0.05) is 29.1 Å². The minimum Gasteiger partial charge on any atom is -0.545 e. The van der Waals surface area contributed by atoms with Crippen LogP contribution in [0, 0.1) is 0 Å². The lowest BCUT2D eigenvalue weighted by molar-refractivity contribution is -0.255. The van der Waals surface area contributed by atoms with E-state index in [1.165, 1.54) is 35.2 Å². The molecule has 0 spiro atoms. The van der Waals surface area contributed by atoms with Gasteiger partial charge in [0.2, 0.25) is 0 Å². The van der Waals surface area contributed by atoms with Crippen molar-refractivity contribution in [3.05, 3.63) is 65.7 Å². The number of hydrogen-bond donors (Lipinski definition) is 1. The van der Waals surface area contributed by atoms with Gasteiger partial charge in [-0.3, -0.25) is 9.52 Å². The number of benzene rings is 3. The van der Waals surface area contributed by atoms with Crippen molar-refractivity contribution in [3.63, 3.8) is 0 Å². The molecule has 8 heteroatoms. The molecule has 0 saturated heterocycles. The van der Waals surface area contributed by atoms with Gasteiger partial charge in [-0.25, -0.2) is 8.42 Å². The summed E-state index contributed by atoms with van der Waals surface area (Å²) >= 11 is 0. The quantitative estimate of drug-likeness (QED) is 0.739. The van der Waals surface area contributed by atoms with E-state index >= 15 is 0 Å². The van der Waals surface area contributed by atoms with Gasteiger partial charge in [0.05, 0.1) is 16.6 Å². The Kier molecular flexibility index (Phi) is 3.67. The second-order valence-corrected chi connectivity index (χ2v) is 7.80. The Balaban J connectivity index is 1.84. The summed E-state index contributed by atoms with van der Waals surface area (Å²) in [6, 6.07) is 13.3. The highest BCUT2D eigenvalue weighted by Crippen LogP contribution is 2.39. The van der Waals surface area contributed by atoms with Crippen LogP contribution in [0.2, 0.25) is 0 Å². The van der Waals surface area contributed by atoms with Gasteiger partial charge in [-0.05, 0) is 35.9 Å². The normalized spacial score (nSPS) is 13.2. The van der Waals surface area contributed by atoms with E-state index in [9.17, 15) is 23.1 Å². The summed E-state index contributed by atoms with van der Waals surface area (Å²) in [5.41, 5.74) is 1.06. The van der Waals surface area contributed by atoms with Gasteiger partial charge in [0.1, 0.15) is 0 Å². The molecule has 0 aromatic heterocycles. The van der Waals surface area contributed by atoms with Crippen LogP contribution in [-0.2, 0) is 10.0 Å². The molecular weight excluding hydrogens is 368 g/mol. The molecule has 1 heterocycles. The monoisotopic (exact) mass is 381 g/mol. The second kappa shape index (κ2) is 5.82. The third kappa shape index (κ3) is 2.61. The van der Waals surface area contributed by atoms with Crippen molar-refractivity contribution in [3.8, 4) is 0 Å². The maximum atomic E-state index is 12.9. The number of amides is 1. The molecular formula is C19H13N2O5S-. The van der Waals surface area contributed by atoms with Crippen LogP contribution in [0.25, 0.3) is 10.8 Å². The number of anilines is 2.